The summed E-state index contributed by atoms with van der Waals surface area (Å²) in [5, 5.41) is 4.98. The molecule has 1 atom stereocenters. The third-order valence-electron chi connectivity index (χ3n) is 3.94. The van der Waals surface area contributed by atoms with Gasteiger partial charge in [0.2, 0.25) is 5.91 Å². The minimum absolute atomic E-state index is 0.0296. The molecule has 0 fully saturated rings. The maximum absolute atomic E-state index is 12.8. The molecule has 2 aromatic rings. The van der Waals surface area contributed by atoms with Crippen LogP contribution in [0.25, 0.3) is 0 Å². The summed E-state index contributed by atoms with van der Waals surface area (Å²) in [7, 11) is -4.26. The molecule has 0 spiro atoms. The first kappa shape index (κ1) is 23.2. The highest BCUT2D eigenvalue weighted by Crippen LogP contribution is 2.31. The highest BCUT2D eigenvalue weighted by Gasteiger charge is 2.30. The predicted molar refractivity (Wildman–Crippen MR) is 104 cm³/mol. The standard InChI is InChI=1S/C19H20F3N3O4S/c1-3-23-17(26)12(2)24-18(27)13-6-4-9-16(10-13)30(28,29)25-15-8-5-7-14(11-15)19(20,21)22/h4-12,25H,3H2,1-2H3,(H,23,26)(H,24,27)/t12-/m1/s1. The van der Waals surface area contributed by atoms with E-state index in [2.05, 4.69) is 15.4 Å². The fourth-order valence-electron chi connectivity index (χ4n) is 2.45. The first-order valence-corrected chi connectivity index (χ1v) is 10.3. The summed E-state index contributed by atoms with van der Waals surface area (Å²) in [4.78, 5) is 23.7. The summed E-state index contributed by atoms with van der Waals surface area (Å²) in [5.41, 5.74) is -1.31. The first-order chi connectivity index (χ1) is 13.9. The van der Waals surface area contributed by atoms with Crippen molar-refractivity contribution in [3.05, 3.63) is 59.7 Å². The van der Waals surface area contributed by atoms with Crippen molar-refractivity contribution >= 4 is 27.5 Å². The lowest BCUT2D eigenvalue weighted by atomic mass is 10.2. The van der Waals surface area contributed by atoms with Gasteiger partial charge in [0.05, 0.1) is 10.5 Å². The molecule has 0 unspecified atom stereocenters. The molecule has 30 heavy (non-hydrogen) atoms. The second-order valence-corrected chi connectivity index (χ2v) is 7.98. The third-order valence-corrected chi connectivity index (χ3v) is 5.32. The molecule has 0 saturated heterocycles. The minimum Gasteiger partial charge on any atom is -0.355 e. The Kier molecular flexibility index (Phi) is 7.08. The number of sulfonamides is 1. The number of likely N-dealkylation sites (N-methyl/N-ethyl adjacent to an activating group) is 1. The number of alkyl halides is 3. The highest BCUT2D eigenvalue weighted by atomic mass is 32.2. The molecule has 2 rings (SSSR count). The van der Waals surface area contributed by atoms with E-state index < -0.39 is 39.6 Å². The maximum atomic E-state index is 12.8. The summed E-state index contributed by atoms with van der Waals surface area (Å²) in [6.07, 6.45) is -4.62. The molecule has 2 aromatic carbocycles. The zero-order valence-corrected chi connectivity index (χ0v) is 16.9. The monoisotopic (exact) mass is 443 g/mol. The topological polar surface area (TPSA) is 104 Å². The smallest absolute Gasteiger partial charge is 0.355 e. The minimum atomic E-state index is -4.62. The van der Waals surface area contributed by atoms with Crippen LogP contribution in [0.4, 0.5) is 18.9 Å². The van der Waals surface area contributed by atoms with Crippen LogP contribution in [0, 0.1) is 0 Å². The number of halogens is 3. The van der Waals surface area contributed by atoms with Gasteiger partial charge < -0.3 is 10.6 Å². The Balaban J connectivity index is 2.22. The van der Waals surface area contributed by atoms with Gasteiger partial charge in [0.25, 0.3) is 15.9 Å². The Morgan fingerprint density at radius 2 is 1.73 bits per heavy atom. The average molecular weight is 443 g/mol. The fourth-order valence-corrected chi connectivity index (χ4v) is 3.55. The molecule has 2 amide bonds. The molecule has 0 radical (unpaired) electrons. The Labute approximate surface area is 171 Å². The summed E-state index contributed by atoms with van der Waals surface area (Å²) >= 11 is 0. The van der Waals surface area contributed by atoms with Gasteiger partial charge in [-0.25, -0.2) is 8.42 Å². The molecule has 11 heteroatoms. The molecular formula is C19H20F3N3O4S. The maximum Gasteiger partial charge on any atom is 0.416 e. The SMILES string of the molecule is CCNC(=O)[C@@H](C)NC(=O)c1cccc(S(=O)(=O)Nc2cccc(C(F)(F)F)c2)c1. The van der Waals surface area contributed by atoms with E-state index in [9.17, 15) is 31.2 Å². The molecule has 0 saturated carbocycles. The summed E-state index contributed by atoms with van der Waals surface area (Å²) in [6, 6.07) is 7.82. The van der Waals surface area contributed by atoms with Crippen LogP contribution in [0.15, 0.2) is 53.4 Å². The molecule has 3 N–H and O–H groups in total. The first-order valence-electron chi connectivity index (χ1n) is 8.82. The largest absolute Gasteiger partial charge is 0.416 e. The van der Waals surface area contributed by atoms with Crippen LogP contribution in [0.1, 0.15) is 29.8 Å². The quantitative estimate of drug-likeness (QED) is 0.612. The molecule has 0 aliphatic heterocycles. The average Bonchev–Trinajstić information content (AvgIpc) is 2.67. The molecule has 0 aromatic heterocycles. The van der Waals surface area contributed by atoms with E-state index in [0.717, 1.165) is 18.2 Å². The zero-order valence-electron chi connectivity index (χ0n) is 16.1. The van der Waals surface area contributed by atoms with Gasteiger partial charge >= 0.3 is 6.18 Å². The zero-order chi connectivity index (χ0) is 22.5. The molecule has 0 bridgehead atoms. The van der Waals surface area contributed by atoms with Gasteiger partial charge in [-0.3, -0.25) is 14.3 Å². The van der Waals surface area contributed by atoms with Crippen molar-refractivity contribution in [1.29, 1.82) is 0 Å². The van der Waals surface area contributed by atoms with Crippen LogP contribution in [-0.4, -0.2) is 32.8 Å². The Morgan fingerprint density at radius 3 is 2.37 bits per heavy atom. The van der Waals surface area contributed by atoms with Crippen molar-refractivity contribution in [1.82, 2.24) is 10.6 Å². The Bertz CT molecular complexity index is 1040. The second-order valence-electron chi connectivity index (χ2n) is 6.30. The van der Waals surface area contributed by atoms with Gasteiger partial charge in [0.1, 0.15) is 6.04 Å². The second kappa shape index (κ2) is 9.16. The van der Waals surface area contributed by atoms with E-state index in [-0.39, 0.29) is 16.1 Å². The van der Waals surface area contributed by atoms with Crippen LogP contribution in [0.2, 0.25) is 0 Å². The molecular weight excluding hydrogens is 423 g/mol. The number of carbonyl (C=O) groups excluding carboxylic acids is 2. The molecule has 162 valence electrons. The molecule has 0 heterocycles. The third kappa shape index (κ3) is 5.96. The van der Waals surface area contributed by atoms with Gasteiger partial charge in [-0.05, 0) is 50.2 Å². The number of rotatable bonds is 7. The summed E-state index contributed by atoms with van der Waals surface area (Å²) in [6.45, 7) is 3.57. The van der Waals surface area contributed by atoms with Crippen LogP contribution in [0.3, 0.4) is 0 Å². The Hall–Kier alpha value is -3.08. The number of anilines is 1. The number of carbonyl (C=O) groups is 2. The molecule has 7 nitrogen and oxygen atoms in total. The van der Waals surface area contributed by atoms with Crippen LogP contribution in [-0.2, 0) is 21.0 Å². The van der Waals surface area contributed by atoms with Crippen LogP contribution in [0.5, 0.6) is 0 Å². The lowest BCUT2D eigenvalue weighted by molar-refractivity contribution is -0.137. The lowest BCUT2D eigenvalue weighted by Gasteiger charge is -2.14. The normalized spacial score (nSPS) is 12.7. The van der Waals surface area contributed by atoms with Crippen LogP contribution < -0.4 is 15.4 Å². The van der Waals surface area contributed by atoms with E-state index in [4.69, 9.17) is 0 Å². The van der Waals surface area contributed by atoms with Gasteiger partial charge in [-0.1, -0.05) is 12.1 Å². The fraction of sp³-hybridized carbons (Fsp3) is 0.263. The predicted octanol–water partition coefficient (Wildman–Crippen LogP) is 2.76. The van der Waals surface area contributed by atoms with Crippen molar-refractivity contribution in [2.45, 2.75) is 31.0 Å². The summed E-state index contributed by atoms with van der Waals surface area (Å²) in [5.74, 6) is -1.08. The number of benzene rings is 2. The number of hydrogen-bond acceptors (Lipinski definition) is 4. The van der Waals surface area contributed by atoms with Crippen molar-refractivity contribution < 1.29 is 31.2 Å². The van der Waals surface area contributed by atoms with Crippen molar-refractivity contribution in [2.75, 3.05) is 11.3 Å². The lowest BCUT2D eigenvalue weighted by Crippen LogP contribution is -2.44. The molecule has 0 aliphatic rings. The van der Waals surface area contributed by atoms with Crippen molar-refractivity contribution in [2.24, 2.45) is 0 Å². The van der Waals surface area contributed by atoms with Crippen molar-refractivity contribution in [3.8, 4) is 0 Å². The van der Waals surface area contributed by atoms with Gasteiger partial charge in [0.15, 0.2) is 0 Å². The van der Waals surface area contributed by atoms with Gasteiger partial charge in [-0.15, -0.1) is 0 Å². The highest BCUT2D eigenvalue weighted by molar-refractivity contribution is 7.92. The van der Waals surface area contributed by atoms with E-state index in [1.54, 1.807) is 6.92 Å². The Morgan fingerprint density at radius 1 is 1.07 bits per heavy atom. The number of hydrogen-bond donors (Lipinski definition) is 3. The van der Waals surface area contributed by atoms with Gasteiger partial charge in [0, 0.05) is 17.8 Å². The van der Waals surface area contributed by atoms with Crippen molar-refractivity contribution in [3.63, 3.8) is 0 Å². The van der Waals surface area contributed by atoms with E-state index in [1.165, 1.54) is 31.2 Å². The van der Waals surface area contributed by atoms with E-state index >= 15 is 0 Å². The van der Waals surface area contributed by atoms with E-state index in [1.807, 2.05) is 0 Å². The van der Waals surface area contributed by atoms with E-state index in [0.29, 0.717) is 12.6 Å². The number of amides is 2. The number of nitrogens with one attached hydrogen (secondary N) is 3. The molecule has 0 aliphatic carbocycles. The summed E-state index contributed by atoms with van der Waals surface area (Å²) < 4.78 is 65.7. The van der Waals surface area contributed by atoms with Gasteiger partial charge in [-0.2, -0.15) is 13.2 Å². The van der Waals surface area contributed by atoms with Crippen LogP contribution >= 0.6 is 0 Å².